The van der Waals surface area contributed by atoms with E-state index in [1.807, 2.05) is 27.7 Å². The van der Waals surface area contributed by atoms with E-state index in [2.05, 4.69) is 80.9 Å². The van der Waals surface area contributed by atoms with E-state index in [1.54, 1.807) is 0 Å². The highest BCUT2D eigenvalue weighted by atomic mass is 15.2. The molecule has 0 saturated heterocycles. The predicted octanol–water partition coefficient (Wildman–Crippen LogP) is 6.71. The number of hydrogen-bond donors (Lipinski definition) is 0. The Morgan fingerprint density at radius 1 is 0.875 bits per heavy atom. The summed E-state index contributed by atoms with van der Waals surface area (Å²) in [6.07, 6.45) is 1.03. The van der Waals surface area contributed by atoms with Crippen molar-refractivity contribution in [2.45, 2.75) is 53.4 Å². The standard InChI is InChI=1S/C19H21N.2C2H6/c1-5-19(16-11-7-6-10-14(16)2)15(3)20(4)18-13-9-8-12-17(18)19;2*1-2/h6-13H,3,5H2,1-2,4H3;2*1-2H3/t19-;;/m1../s1. The number of allylic oxidation sites excluding steroid dienone is 1. The van der Waals surface area contributed by atoms with Gasteiger partial charge in [0.2, 0.25) is 0 Å². The van der Waals surface area contributed by atoms with Crippen molar-refractivity contribution < 1.29 is 0 Å². The van der Waals surface area contributed by atoms with Gasteiger partial charge in [0.1, 0.15) is 0 Å². The minimum Gasteiger partial charge on any atom is -0.347 e. The van der Waals surface area contributed by atoms with Crippen LogP contribution < -0.4 is 4.90 Å². The van der Waals surface area contributed by atoms with Gasteiger partial charge in [-0.05, 0) is 36.1 Å². The summed E-state index contributed by atoms with van der Waals surface area (Å²) in [6.45, 7) is 16.9. The minimum atomic E-state index is -0.0866. The van der Waals surface area contributed by atoms with Gasteiger partial charge in [0.25, 0.3) is 0 Å². The lowest BCUT2D eigenvalue weighted by molar-refractivity contribution is 0.592. The van der Waals surface area contributed by atoms with Crippen molar-refractivity contribution in [3.63, 3.8) is 0 Å². The zero-order chi connectivity index (χ0) is 18.3. The molecule has 0 radical (unpaired) electrons. The van der Waals surface area contributed by atoms with E-state index in [-0.39, 0.29) is 5.41 Å². The van der Waals surface area contributed by atoms with E-state index in [9.17, 15) is 0 Å². The third-order valence-electron chi connectivity index (χ3n) is 4.76. The van der Waals surface area contributed by atoms with Gasteiger partial charge < -0.3 is 4.90 Å². The molecule has 1 atom stereocenters. The Labute approximate surface area is 149 Å². The summed E-state index contributed by atoms with van der Waals surface area (Å²) >= 11 is 0. The molecule has 0 aromatic heterocycles. The Morgan fingerprint density at radius 2 is 1.38 bits per heavy atom. The monoisotopic (exact) mass is 323 g/mol. The maximum absolute atomic E-state index is 4.42. The highest BCUT2D eigenvalue weighted by molar-refractivity contribution is 5.74. The van der Waals surface area contributed by atoms with Gasteiger partial charge in [-0.25, -0.2) is 0 Å². The molecule has 0 unspecified atom stereocenters. The fourth-order valence-corrected chi connectivity index (χ4v) is 3.65. The molecule has 0 aliphatic carbocycles. The van der Waals surface area contributed by atoms with E-state index in [4.69, 9.17) is 0 Å². The van der Waals surface area contributed by atoms with Crippen LogP contribution in [0.5, 0.6) is 0 Å². The first-order valence-corrected chi connectivity index (χ1v) is 9.21. The van der Waals surface area contributed by atoms with Crippen LogP contribution >= 0.6 is 0 Å². The third kappa shape index (κ3) is 3.00. The second-order valence-electron chi connectivity index (χ2n) is 5.60. The highest BCUT2D eigenvalue weighted by Gasteiger charge is 2.45. The van der Waals surface area contributed by atoms with Gasteiger partial charge in [0, 0.05) is 18.4 Å². The molecule has 2 aromatic rings. The van der Waals surface area contributed by atoms with Crippen LogP contribution in [0, 0.1) is 6.92 Å². The Balaban J connectivity index is 0.000000671. The molecule has 0 saturated carbocycles. The first kappa shape index (κ1) is 20.0. The molecular weight excluding hydrogens is 290 g/mol. The molecule has 2 aromatic carbocycles. The third-order valence-corrected chi connectivity index (χ3v) is 4.76. The Hall–Kier alpha value is -2.02. The average molecular weight is 324 g/mol. The van der Waals surface area contributed by atoms with E-state index in [0.29, 0.717) is 0 Å². The van der Waals surface area contributed by atoms with Crippen molar-refractivity contribution in [3.05, 3.63) is 77.5 Å². The maximum Gasteiger partial charge on any atom is 0.0618 e. The van der Waals surface area contributed by atoms with Crippen molar-refractivity contribution in [2.24, 2.45) is 0 Å². The first-order valence-electron chi connectivity index (χ1n) is 9.21. The first-order chi connectivity index (χ1) is 11.6. The second-order valence-corrected chi connectivity index (χ2v) is 5.60. The fraction of sp³-hybridized carbons (Fsp3) is 0.391. The SMILES string of the molecule is C=C1N(C)c2ccccc2[C@@]1(CC)c1ccccc1C.CC.CC. The maximum atomic E-state index is 4.42. The summed E-state index contributed by atoms with van der Waals surface area (Å²) in [6, 6.07) is 17.4. The zero-order valence-electron chi connectivity index (χ0n) is 16.5. The van der Waals surface area contributed by atoms with Crippen LogP contribution in [0.4, 0.5) is 5.69 Å². The quantitative estimate of drug-likeness (QED) is 0.594. The number of anilines is 1. The lowest BCUT2D eigenvalue weighted by atomic mass is 9.70. The van der Waals surface area contributed by atoms with E-state index < -0.39 is 0 Å². The topological polar surface area (TPSA) is 3.24 Å². The molecular formula is C23H33N. The predicted molar refractivity (Wildman–Crippen MR) is 109 cm³/mol. The number of fused-ring (bicyclic) bond motifs is 1. The number of aryl methyl sites for hydroxylation is 1. The zero-order valence-corrected chi connectivity index (χ0v) is 16.5. The lowest BCUT2D eigenvalue weighted by Gasteiger charge is -2.33. The summed E-state index contributed by atoms with van der Waals surface area (Å²) in [5.41, 5.74) is 6.46. The number of hydrogen-bond acceptors (Lipinski definition) is 1. The number of rotatable bonds is 2. The van der Waals surface area contributed by atoms with E-state index >= 15 is 0 Å². The van der Waals surface area contributed by atoms with Crippen LogP contribution in [-0.2, 0) is 5.41 Å². The normalized spacial score (nSPS) is 18.1. The van der Waals surface area contributed by atoms with Gasteiger partial charge in [-0.1, -0.05) is 83.7 Å². The van der Waals surface area contributed by atoms with Gasteiger partial charge >= 0.3 is 0 Å². The fourth-order valence-electron chi connectivity index (χ4n) is 3.65. The van der Waals surface area contributed by atoms with Crippen LogP contribution in [-0.4, -0.2) is 7.05 Å². The molecule has 1 aliphatic heterocycles. The van der Waals surface area contributed by atoms with Gasteiger partial charge in [-0.3, -0.25) is 0 Å². The number of nitrogens with zero attached hydrogens (tertiary/aromatic N) is 1. The summed E-state index contributed by atoms with van der Waals surface area (Å²) in [5.74, 6) is 0. The summed E-state index contributed by atoms with van der Waals surface area (Å²) < 4.78 is 0. The van der Waals surface area contributed by atoms with Crippen molar-refractivity contribution in [2.75, 3.05) is 11.9 Å². The van der Waals surface area contributed by atoms with Crippen molar-refractivity contribution in [1.82, 2.24) is 0 Å². The summed E-state index contributed by atoms with van der Waals surface area (Å²) in [7, 11) is 2.12. The van der Waals surface area contributed by atoms with E-state index in [1.165, 1.54) is 28.1 Å². The van der Waals surface area contributed by atoms with Gasteiger partial charge in [0.05, 0.1) is 5.41 Å². The summed E-state index contributed by atoms with van der Waals surface area (Å²) in [5, 5.41) is 0. The van der Waals surface area contributed by atoms with Crippen LogP contribution in [0.2, 0.25) is 0 Å². The van der Waals surface area contributed by atoms with Crippen molar-refractivity contribution >= 4 is 5.69 Å². The molecule has 1 heteroatoms. The number of likely N-dealkylation sites (N-methyl/N-ethyl adjacent to an activating group) is 1. The van der Waals surface area contributed by atoms with Crippen LogP contribution in [0.25, 0.3) is 0 Å². The van der Waals surface area contributed by atoms with E-state index in [0.717, 1.165) is 6.42 Å². The number of para-hydroxylation sites is 1. The van der Waals surface area contributed by atoms with Crippen LogP contribution in [0.3, 0.4) is 0 Å². The molecule has 3 rings (SSSR count). The largest absolute Gasteiger partial charge is 0.347 e. The molecule has 1 nitrogen and oxygen atoms in total. The lowest BCUT2D eigenvalue weighted by Crippen LogP contribution is -2.30. The molecule has 1 heterocycles. The van der Waals surface area contributed by atoms with Crippen LogP contribution in [0.15, 0.2) is 60.8 Å². The number of benzene rings is 2. The molecule has 0 N–H and O–H groups in total. The second kappa shape index (κ2) is 8.73. The molecule has 0 amide bonds. The van der Waals surface area contributed by atoms with Crippen molar-refractivity contribution in [1.29, 1.82) is 0 Å². The molecule has 130 valence electrons. The minimum absolute atomic E-state index is 0.0866. The highest BCUT2D eigenvalue weighted by Crippen LogP contribution is 2.52. The Morgan fingerprint density at radius 3 is 1.92 bits per heavy atom. The Bertz CT molecular complexity index is 671. The summed E-state index contributed by atoms with van der Waals surface area (Å²) in [4.78, 5) is 2.24. The molecule has 24 heavy (non-hydrogen) atoms. The average Bonchev–Trinajstić information content (AvgIpc) is 2.88. The molecule has 0 spiro atoms. The van der Waals surface area contributed by atoms with Gasteiger partial charge in [-0.15, -0.1) is 0 Å². The Kier molecular flexibility index (Phi) is 7.28. The smallest absolute Gasteiger partial charge is 0.0618 e. The molecule has 0 fully saturated rings. The molecule has 1 aliphatic rings. The van der Waals surface area contributed by atoms with Gasteiger partial charge in [-0.2, -0.15) is 0 Å². The van der Waals surface area contributed by atoms with Crippen molar-refractivity contribution in [3.8, 4) is 0 Å². The van der Waals surface area contributed by atoms with Gasteiger partial charge in [0.15, 0.2) is 0 Å². The molecule has 0 bridgehead atoms. The van der Waals surface area contributed by atoms with Crippen LogP contribution in [0.1, 0.15) is 57.7 Å².